The lowest BCUT2D eigenvalue weighted by atomic mass is 10.0. The van der Waals surface area contributed by atoms with E-state index in [0.29, 0.717) is 29.0 Å². The third kappa shape index (κ3) is 7.42. The van der Waals surface area contributed by atoms with Crippen molar-refractivity contribution >= 4 is 30.4 Å². The van der Waals surface area contributed by atoms with Crippen molar-refractivity contribution in [3.8, 4) is 18.1 Å². The molecule has 8 heteroatoms. The largest absolute Gasteiger partial charge is 0.488 e. The molecule has 0 saturated carbocycles. The Labute approximate surface area is 195 Å². The van der Waals surface area contributed by atoms with Gasteiger partial charge in [-0.05, 0) is 68.7 Å². The fraction of sp³-hybridized carbons (Fsp3) is 0.417. The molecule has 0 aromatic heterocycles. The Hall–Kier alpha value is -1.71. The number of aliphatic hydroxyl groups excluding tert-OH is 2. The third-order valence-corrected chi connectivity index (χ3v) is 15.0. The van der Waals surface area contributed by atoms with Gasteiger partial charge in [-0.3, -0.25) is 0 Å². The van der Waals surface area contributed by atoms with E-state index in [4.69, 9.17) is 19.4 Å². The molecule has 0 fully saturated rings. The summed E-state index contributed by atoms with van der Waals surface area (Å²) >= 11 is 0. The highest BCUT2D eigenvalue weighted by molar-refractivity contribution is 6.93. The van der Waals surface area contributed by atoms with E-state index in [-0.39, 0.29) is 13.2 Å². The van der Waals surface area contributed by atoms with Gasteiger partial charge in [-0.25, -0.2) is 0 Å². The molecule has 0 amide bonds. The lowest BCUT2D eigenvalue weighted by Crippen LogP contribution is -2.56. The first-order valence-corrected chi connectivity index (χ1v) is 19.9. The van der Waals surface area contributed by atoms with Crippen molar-refractivity contribution in [1.82, 2.24) is 0 Å². The summed E-state index contributed by atoms with van der Waals surface area (Å²) in [5.41, 5.74) is 2.73. The van der Waals surface area contributed by atoms with E-state index in [1.54, 1.807) is 12.1 Å². The maximum atomic E-state index is 9.70. The van der Waals surface area contributed by atoms with Crippen molar-refractivity contribution in [2.75, 3.05) is 0 Å². The van der Waals surface area contributed by atoms with Crippen LogP contribution in [0.25, 0.3) is 0 Å². The molecule has 0 spiro atoms. The second-order valence-corrected chi connectivity index (χ2v) is 22.1. The van der Waals surface area contributed by atoms with Gasteiger partial charge in [0.1, 0.15) is 12.4 Å². The SMILES string of the molecule is C#Cc1cc(CO)c(OCc2ccc([Si](C)(C)O[Si](C)(C)O[Si](C)(C)C)cc2)c(CO)c1. The molecular weight excluding hydrogens is 453 g/mol. The van der Waals surface area contributed by atoms with Crippen LogP contribution in [0.3, 0.4) is 0 Å². The second-order valence-electron chi connectivity index (χ2n) is 9.80. The summed E-state index contributed by atoms with van der Waals surface area (Å²) in [5, 5.41) is 20.6. The molecule has 32 heavy (non-hydrogen) atoms. The number of hydrogen-bond donors (Lipinski definition) is 2. The normalized spacial score (nSPS) is 12.5. The van der Waals surface area contributed by atoms with Gasteiger partial charge in [0.05, 0.1) is 13.2 Å². The van der Waals surface area contributed by atoms with Crippen LogP contribution in [0.5, 0.6) is 5.75 Å². The Kier molecular flexibility index (Phi) is 8.69. The zero-order valence-electron chi connectivity index (χ0n) is 20.3. The zero-order chi connectivity index (χ0) is 24.2. The molecule has 0 unspecified atom stereocenters. The number of hydrogen-bond acceptors (Lipinski definition) is 5. The van der Waals surface area contributed by atoms with E-state index in [2.05, 4.69) is 63.9 Å². The first kappa shape index (κ1) is 26.5. The van der Waals surface area contributed by atoms with Crippen LogP contribution in [0.1, 0.15) is 22.3 Å². The van der Waals surface area contributed by atoms with Crippen molar-refractivity contribution in [3.05, 3.63) is 58.7 Å². The molecular formula is C24H36O5Si3. The van der Waals surface area contributed by atoms with Gasteiger partial charge in [-0.15, -0.1) is 6.42 Å². The Balaban J connectivity index is 2.14. The van der Waals surface area contributed by atoms with Gasteiger partial charge in [0, 0.05) is 16.7 Å². The number of terminal acetylenes is 1. The summed E-state index contributed by atoms with van der Waals surface area (Å²) in [4.78, 5) is 0. The van der Waals surface area contributed by atoms with Gasteiger partial charge >= 0.3 is 8.56 Å². The van der Waals surface area contributed by atoms with Gasteiger partial charge in [0.15, 0.2) is 8.32 Å². The van der Waals surface area contributed by atoms with E-state index in [0.717, 1.165) is 5.56 Å². The first-order valence-electron chi connectivity index (χ1n) is 10.8. The van der Waals surface area contributed by atoms with Gasteiger partial charge in [-0.1, -0.05) is 30.2 Å². The van der Waals surface area contributed by atoms with Crippen LogP contribution in [-0.2, 0) is 28.1 Å². The Morgan fingerprint density at radius 2 is 1.38 bits per heavy atom. The van der Waals surface area contributed by atoms with Crippen molar-refractivity contribution in [2.24, 2.45) is 0 Å². The van der Waals surface area contributed by atoms with Crippen LogP contribution in [0.15, 0.2) is 36.4 Å². The minimum Gasteiger partial charge on any atom is -0.488 e. The van der Waals surface area contributed by atoms with Gasteiger partial charge in [-0.2, -0.15) is 0 Å². The number of aliphatic hydroxyl groups is 2. The Bertz CT molecular complexity index is 932. The molecule has 0 aliphatic carbocycles. The summed E-state index contributed by atoms with van der Waals surface area (Å²) in [6.45, 7) is 15.1. The topological polar surface area (TPSA) is 68.2 Å². The summed E-state index contributed by atoms with van der Waals surface area (Å²) in [5.74, 6) is 3.02. The average molecular weight is 489 g/mol. The maximum Gasteiger partial charge on any atom is 0.311 e. The minimum absolute atomic E-state index is 0.215. The van der Waals surface area contributed by atoms with Gasteiger partial charge in [0.2, 0.25) is 8.32 Å². The van der Waals surface area contributed by atoms with Crippen molar-refractivity contribution in [2.45, 2.75) is 65.6 Å². The third-order valence-electron chi connectivity index (χ3n) is 4.84. The first-order chi connectivity index (χ1) is 14.8. The van der Waals surface area contributed by atoms with E-state index in [1.165, 1.54) is 5.19 Å². The monoisotopic (exact) mass is 488 g/mol. The van der Waals surface area contributed by atoms with Gasteiger partial charge in [0.25, 0.3) is 0 Å². The smallest absolute Gasteiger partial charge is 0.311 e. The summed E-state index contributed by atoms with van der Waals surface area (Å²) in [6, 6.07) is 11.7. The quantitative estimate of drug-likeness (QED) is 0.387. The molecule has 5 nitrogen and oxygen atoms in total. The predicted molar refractivity (Wildman–Crippen MR) is 137 cm³/mol. The molecule has 0 atom stereocenters. The van der Waals surface area contributed by atoms with E-state index >= 15 is 0 Å². The maximum absolute atomic E-state index is 9.70. The minimum atomic E-state index is -2.22. The molecule has 174 valence electrons. The molecule has 2 N–H and O–H groups in total. The van der Waals surface area contributed by atoms with Crippen LogP contribution in [0.4, 0.5) is 0 Å². The fourth-order valence-electron chi connectivity index (χ4n) is 3.85. The summed E-state index contributed by atoms with van der Waals surface area (Å²) in [7, 11) is -6.02. The average Bonchev–Trinajstić information content (AvgIpc) is 2.69. The standard InChI is InChI=1S/C24H36O5Si3/c1-9-19-14-21(16-25)24(22(15-19)17-26)27-18-20-10-12-23(13-11-20)31(5,6)29-32(7,8)28-30(2,3)4/h1,10-15,25-26H,16-18H2,2-8H3. The molecule has 2 rings (SSSR count). The molecule has 0 heterocycles. The van der Waals surface area contributed by atoms with Gasteiger partial charge < -0.3 is 23.2 Å². The lowest BCUT2D eigenvalue weighted by molar-refractivity contribution is 0.242. The summed E-state index contributed by atoms with van der Waals surface area (Å²) in [6.07, 6.45) is 5.47. The van der Waals surface area contributed by atoms with Crippen LogP contribution >= 0.6 is 0 Å². The van der Waals surface area contributed by atoms with Crippen molar-refractivity contribution in [1.29, 1.82) is 0 Å². The fourth-order valence-corrected chi connectivity index (χ4v) is 16.6. The van der Waals surface area contributed by atoms with Crippen LogP contribution in [0.2, 0.25) is 45.8 Å². The zero-order valence-corrected chi connectivity index (χ0v) is 23.3. The number of ether oxygens (including phenoxy) is 1. The molecule has 0 saturated heterocycles. The van der Waals surface area contributed by atoms with Crippen molar-refractivity contribution < 1.29 is 23.2 Å². The van der Waals surface area contributed by atoms with Crippen LogP contribution in [-0.4, -0.2) is 35.4 Å². The van der Waals surface area contributed by atoms with Crippen LogP contribution in [0, 0.1) is 12.3 Å². The number of rotatable bonds is 10. The number of benzene rings is 2. The highest BCUT2D eigenvalue weighted by Crippen LogP contribution is 2.27. The molecule has 0 aliphatic rings. The Morgan fingerprint density at radius 1 is 0.844 bits per heavy atom. The highest BCUT2D eigenvalue weighted by atomic mass is 28.5. The van der Waals surface area contributed by atoms with E-state index < -0.39 is 25.2 Å². The molecule has 0 bridgehead atoms. The second kappa shape index (κ2) is 10.5. The lowest BCUT2D eigenvalue weighted by Gasteiger charge is -2.37. The highest BCUT2D eigenvalue weighted by Gasteiger charge is 2.38. The predicted octanol–water partition coefficient (Wildman–Crippen LogP) is 4.21. The molecule has 2 aromatic carbocycles. The molecule has 0 aliphatic heterocycles. The van der Waals surface area contributed by atoms with Crippen LogP contribution < -0.4 is 9.92 Å². The molecule has 2 aromatic rings. The Morgan fingerprint density at radius 3 is 1.81 bits per heavy atom. The van der Waals surface area contributed by atoms with E-state index in [1.807, 2.05) is 12.1 Å². The van der Waals surface area contributed by atoms with Crippen molar-refractivity contribution in [3.63, 3.8) is 0 Å². The molecule has 0 radical (unpaired) electrons. The summed E-state index contributed by atoms with van der Waals surface area (Å²) < 4.78 is 19.0. The van der Waals surface area contributed by atoms with E-state index in [9.17, 15) is 10.2 Å².